The topological polar surface area (TPSA) is 102 Å². The van der Waals surface area contributed by atoms with Crippen LogP contribution in [0.15, 0.2) is 72.8 Å². The molecule has 45 heavy (non-hydrogen) atoms. The van der Waals surface area contributed by atoms with E-state index in [1.807, 2.05) is 36.4 Å². The van der Waals surface area contributed by atoms with Crippen LogP contribution in [0.3, 0.4) is 0 Å². The highest BCUT2D eigenvalue weighted by Gasteiger charge is 2.20. The monoisotopic (exact) mass is 614 g/mol. The second-order valence-corrected chi connectivity index (χ2v) is 12.3. The largest absolute Gasteiger partial charge is 0.508 e. The van der Waals surface area contributed by atoms with Crippen LogP contribution >= 0.6 is 0 Å². The van der Waals surface area contributed by atoms with E-state index in [4.69, 9.17) is 14.6 Å². The van der Waals surface area contributed by atoms with E-state index in [1.54, 1.807) is 36.4 Å². The summed E-state index contributed by atoms with van der Waals surface area (Å²) in [5, 5.41) is 21.8. The lowest BCUT2D eigenvalue weighted by Crippen LogP contribution is -2.22. The number of benzene rings is 4. The quantitative estimate of drug-likeness (QED) is 0.222. The zero-order chi connectivity index (χ0) is 32.3. The van der Waals surface area contributed by atoms with Gasteiger partial charge in [-0.05, 0) is 133 Å². The van der Waals surface area contributed by atoms with Gasteiger partial charge in [-0.15, -0.1) is 0 Å². The summed E-state index contributed by atoms with van der Waals surface area (Å²) in [6.07, 6.45) is 9.58. The number of carbonyl (C=O) groups is 2. The maximum Gasteiger partial charge on any atom is 0.338 e. The predicted molar refractivity (Wildman–Crippen MR) is 178 cm³/mol. The van der Waals surface area contributed by atoms with Gasteiger partial charge < -0.3 is 24.4 Å². The van der Waals surface area contributed by atoms with Crippen molar-refractivity contribution >= 4 is 33.5 Å². The van der Waals surface area contributed by atoms with Crippen LogP contribution in [0, 0.1) is 11.8 Å². The first kappa shape index (κ1) is 33.8. The number of aliphatic hydroxyl groups is 1. The zero-order valence-electron chi connectivity index (χ0n) is 26.8. The first-order valence-corrected chi connectivity index (χ1v) is 15.9. The lowest BCUT2D eigenvalue weighted by atomic mass is 9.89. The second kappa shape index (κ2) is 16.3. The number of rotatable bonds is 4. The van der Waals surface area contributed by atoms with E-state index in [0.717, 1.165) is 64.8 Å². The molecule has 0 aliphatic heterocycles. The maximum absolute atomic E-state index is 11.8. The molecule has 6 rings (SSSR count). The van der Waals surface area contributed by atoms with Gasteiger partial charge in [0.2, 0.25) is 0 Å². The molecule has 7 heteroatoms. The molecule has 0 unspecified atom stereocenters. The molecule has 0 bridgehead atoms. The highest BCUT2D eigenvalue weighted by Crippen LogP contribution is 2.30. The van der Waals surface area contributed by atoms with Crippen LogP contribution in [-0.4, -0.2) is 48.6 Å². The molecule has 4 aromatic rings. The summed E-state index contributed by atoms with van der Waals surface area (Å²) in [5.41, 5.74) is 1.10. The van der Waals surface area contributed by atoms with Gasteiger partial charge in [0.15, 0.2) is 0 Å². The number of ether oxygens (including phenoxy) is 3. The third kappa shape index (κ3) is 9.44. The minimum Gasteiger partial charge on any atom is -0.508 e. The Bertz CT molecular complexity index is 1550. The first-order valence-electron chi connectivity index (χ1n) is 15.9. The summed E-state index contributed by atoms with van der Waals surface area (Å²) in [4.78, 5) is 23.2. The fourth-order valence-corrected chi connectivity index (χ4v) is 5.96. The lowest BCUT2D eigenvalue weighted by molar-refractivity contribution is 0.0594. The van der Waals surface area contributed by atoms with Crippen molar-refractivity contribution < 1.29 is 34.0 Å². The summed E-state index contributed by atoms with van der Waals surface area (Å²) in [6.45, 7) is 4.56. The highest BCUT2D eigenvalue weighted by atomic mass is 16.5. The van der Waals surface area contributed by atoms with Crippen LogP contribution in [0.25, 0.3) is 21.5 Å². The molecule has 2 fully saturated rings. The Morgan fingerprint density at radius 1 is 0.644 bits per heavy atom. The fraction of sp³-hybridized carbons (Fsp3) is 0.421. The van der Waals surface area contributed by atoms with Crippen LogP contribution in [0.4, 0.5) is 0 Å². The van der Waals surface area contributed by atoms with E-state index in [9.17, 15) is 14.7 Å². The van der Waals surface area contributed by atoms with Crippen LogP contribution in [-0.2, 0) is 9.47 Å². The van der Waals surface area contributed by atoms with Crippen LogP contribution in [0.5, 0.6) is 11.5 Å². The number of aliphatic hydroxyl groups excluding tert-OH is 1. The van der Waals surface area contributed by atoms with Crippen molar-refractivity contribution in [1.82, 2.24) is 0 Å². The summed E-state index contributed by atoms with van der Waals surface area (Å²) >= 11 is 0. The smallest absolute Gasteiger partial charge is 0.338 e. The Hall–Kier alpha value is -4.10. The van der Waals surface area contributed by atoms with E-state index in [2.05, 4.69) is 18.6 Å². The van der Waals surface area contributed by atoms with Gasteiger partial charge in [-0.1, -0.05) is 38.1 Å². The summed E-state index contributed by atoms with van der Waals surface area (Å²) in [6, 6.07) is 21.7. The minimum absolute atomic E-state index is 0.0196. The summed E-state index contributed by atoms with van der Waals surface area (Å²) in [5.74, 6) is 2.07. The van der Waals surface area contributed by atoms with Crippen molar-refractivity contribution in [2.75, 3.05) is 14.2 Å². The molecule has 0 spiro atoms. The van der Waals surface area contributed by atoms with Gasteiger partial charge in [-0.3, -0.25) is 0 Å². The minimum atomic E-state index is -0.369. The zero-order valence-corrected chi connectivity index (χ0v) is 26.8. The normalized spacial score (nSPS) is 21.0. The molecule has 0 aromatic heterocycles. The third-order valence-electron chi connectivity index (χ3n) is 8.78. The molecule has 0 saturated heterocycles. The summed E-state index contributed by atoms with van der Waals surface area (Å²) in [7, 11) is 2.75. The van der Waals surface area contributed by atoms with Gasteiger partial charge in [-0.2, -0.15) is 0 Å². The fourth-order valence-electron chi connectivity index (χ4n) is 5.96. The Kier molecular flexibility index (Phi) is 12.2. The Morgan fingerprint density at radius 2 is 1.13 bits per heavy atom. The molecular formula is C38H46O7. The number of fused-ring (bicyclic) bond motifs is 2. The Labute approximate surface area is 266 Å². The number of carbonyl (C=O) groups excluding carboxylic acids is 2. The molecule has 0 heterocycles. The molecule has 4 aromatic carbocycles. The van der Waals surface area contributed by atoms with Gasteiger partial charge in [0, 0.05) is 0 Å². The average molecular weight is 615 g/mol. The molecule has 2 saturated carbocycles. The maximum atomic E-state index is 11.8. The standard InChI is InChI=1S/C19H22O3.C12H10O3.C7H14O/c1-13-6-8-15(9-7-13)22-16-10-11-17-14(12-16)4-3-5-18(17)19(20)21-2;1-15-12(14)11-4-2-3-8-7-9(13)5-6-10(8)11;1-6-2-4-7(8)5-3-6/h3-5,10-13,15H,6-9H2,1-2H3;2-7,13H,1H3;6-8H,2-5H2,1H3. The van der Waals surface area contributed by atoms with Gasteiger partial charge >= 0.3 is 11.9 Å². The molecule has 2 N–H and O–H groups in total. The SMILES string of the molecule is CC1CCC(O)CC1.COC(=O)c1cccc2cc(O)ccc12.COC(=O)c1cccc2cc(OC3CCC(C)CC3)ccc12. The molecular weight excluding hydrogens is 568 g/mol. The number of hydrogen-bond donors (Lipinski definition) is 2. The van der Waals surface area contributed by atoms with Gasteiger partial charge in [0.1, 0.15) is 11.5 Å². The van der Waals surface area contributed by atoms with Crippen molar-refractivity contribution in [1.29, 1.82) is 0 Å². The van der Waals surface area contributed by atoms with Crippen molar-refractivity contribution in [2.24, 2.45) is 11.8 Å². The van der Waals surface area contributed by atoms with Crippen molar-refractivity contribution in [3.63, 3.8) is 0 Å². The molecule has 7 nitrogen and oxygen atoms in total. The third-order valence-corrected chi connectivity index (χ3v) is 8.78. The Morgan fingerprint density at radius 3 is 1.64 bits per heavy atom. The van der Waals surface area contributed by atoms with Crippen molar-refractivity contribution in [3.05, 3.63) is 83.9 Å². The van der Waals surface area contributed by atoms with Crippen molar-refractivity contribution in [3.8, 4) is 11.5 Å². The highest BCUT2D eigenvalue weighted by molar-refractivity contribution is 6.05. The van der Waals surface area contributed by atoms with Gasteiger partial charge in [0.25, 0.3) is 0 Å². The summed E-state index contributed by atoms with van der Waals surface area (Å²) < 4.78 is 15.6. The van der Waals surface area contributed by atoms with E-state index in [0.29, 0.717) is 17.2 Å². The lowest BCUT2D eigenvalue weighted by Gasteiger charge is -2.27. The predicted octanol–water partition coefficient (Wildman–Crippen LogP) is 8.47. The van der Waals surface area contributed by atoms with Crippen LogP contribution in [0.2, 0.25) is 0 Å². The molecule has 2 aliphatic rings. The number of hydrogen-bond acceptors (Lipinski definition) is 7. The second-order valence-electron chi connectivity index (χ2n) is 12.3. The molecule has 240 valence electrons. The van der Waals surface area contributed by atoms with Crippen molar-refractivity contribution in [2.45, 2.75) is 77.4 Å². The van der Waals surface area contributed by atoms with E-state index < -0.39 is 0 Å². The van der Waals surface area contributed by atoms with E-state index in [-0.39, 0.29) is 23.8 Å². The van der Waals surface area contributed by atoms with Gasteiger partial charge in [0.05, 0.1) is 37.6 Å². The number of aromatic hydroxyl groups is 1. The number of phenolic OH excluding ortho intramolecular Hbond substituents is 1. The Balaban J connectivity index is 0.000000172. The first-order chi connectivity index (χ1) is 21.7. The number of phenols is 1. The average Bonchev–Trinajstić information content (AvgIpc) is 3.06. The van der Waals surface area contributed by atoms with Crippen LogP contribution < -0.4 is 4.74 Å². The van der Waals surface area contributed by atoms with Crippen LogP contribution in [0.1, 0.15) is 85.9 Å². The van der Waals surface area contributed by atoms with E-state index >= 15 is 0 Å². The van der Waals surface area contributed by atoms with E-state index in [1.165, 1.54) is 39.9 Å². The molecule has 0 amide bonds. The molecule has 0 atom stereocenters. The number of esters is 2. The molecule has 0 radical (unpaired) electrons. The molecule has 2 aliphatic carbocycles. The number of methoxy groups -OCH3 is 2. The van der Waals surface area contributed by atoms with Gasteiger partial charge in [-0.25, -0.2) is 9.59 Å².